The molecule has 4 heterocycles. The number of para-hydroxylation sites is 5. The molecule has 4 aromatic heterocycles. The molecule has 0 fully saturated rings. The van der Waals surface area contributed by atoms with Gasteiger partial charge in [-0.1, -0.05) is 176 Å². The standard InChI is InChI=1S/C73H46N2O4/c1-5-23-45(24-6-1)73(46-25-7-2-8-26-46)53-44-58(75(48-29-11-4-12-30-48)56-36-22-42-64-66(56)50-32-14-18-38-60(50)77-64)71-68(52-34-16-20-40-62(52)78-71)69(53)70-54(73)43-57(67-51-33-15-19-39-61(51)79-72(67)70)74(47-27-9-3-10-28-47)55-35-21-41-63-65(55)49-31-13-17-37-59(49)76-63/h1-11,13-29,31-44H,12,30H2. The molecular formula is C73H46N2O4. The van der Waals surface area contributed by atoms with Gasteiger partial charge in [0, 0.05) is 49.4 Å². The fraction of sp³-hybridized carbons (Fsp3) is 0.0411. The predicted molar refractivity (Wildman–Crippen MR) is 323 cm³/mol. The summed E-state index contributed by atoms with van der Waals surface area (Å²) in [4.78, 5) is 4.91. The smallest absolute Gasteiger partial charge is 0.160 e. The maximum atomic E-state index is 7.57. The van der Waals surface area contributed by atoms with Gasteiger partial charge in [-0.3, -0.25) is 0 Å². The summed E-state index contributed by atoms with van der Waals surface area (Å²) < 4.78 is 28.3. The highest BCUT2D eigenvalue weighted by Gasteiger charge is 2.50. The molecule has 0 atom stereocenters. The van der Waals surface area contributed by atoms with Crippen LogP contribution in [0.2, 0.25) is 0 Å². The number of benzene rings is 11. The molecule has 11 aromatic carbocycles. The number of fused-ring (bicyclic) bond motifs is 17. The third-order valence-corrected chi connectivity index (χ3v) is 16.7. The van der Waals surface area contributed by atoms with Gasteiger partial charge >= 0.3 is 0 Å². The second kappa shape index (κ2) is 16.8. The van der Waals surface area contributed by atoms with Crippen molar-refractivity contribution < 1.29 is 17.7 Å². The number of allylic oxidation sites excluding steroid dienone is 4. The molecule has 2 aliphatic carbocycles. The molecule has 17 rings (SSSR count). The molecule has 15 aromatic rings. The summed E-state index contributed by atoms with van der Waals surface area (Å²) in [5.41, 5.74) is 18.3. The molecule has 2 aliphatic rings. The fourth-order valence-electron chi connectivity index (χ4n) is 13.6. The van der Waals surface area contributed by atoms with E-state index < -0.39 is 5.41 Å². The van der Waals surface area contributed by atoms with Gasteiger partial charge in [0.25, 0.3) is 0 Å². The minimum absolute atomic E-state index is 0.792. The molecule has 0 saturated heterocycles. The van der Waals surface area contributed by atoms with Gasteiger partial charge in [-0.25, -0.2) is 0 Å². The largest absolute Gasteiger partial charge is 0.456 e. The lowest BCUT2D eigenvalue weighted by Gasteiger charge is -2.36. The van der Waals surface area contributed by atoms with Gasteiger partial charge in [0.05, 0.1) is 44.3 Å². The Morgan fingerprint density at radius 3 is 1.37 bits per heavy atom. The van der Waals surface area contributed by atoms with E-state index in [9.17, 15) is 0 Å². The normalized spacial score (nSPS) is 13.8. The van der Waals surface area contributed by atoms with Crippen LogP contribution in [-0.4, -0.2) is 0 Å². The summed E-state index contributed by atoms with van der Waals surface area (Å²) in [5.74, 6) is 0. The van der Waals surface area contributed by atoms with Gasteiger partial charge in [0.1, 0.15) is 39.1 Å². The number of anilines is 5. The van der Waals surface area contributed by atoms with Crippen LogP contribution in [0.15, 0.2) is 278 Å². The van der Waals surface area contributed by atoms with E-state index in [1.165, 1.54) is 0 Å². The predicted octanol–water partition coefficient (Wildman–Crippen LogP) is 20.5. The SMILES string of the molecule is C1=CCCC(N(c2cc3c(c4c2oc2ccccc24)-c2c(cc(N(c4ccccc4)c4cccc5oc6ccccc6c45)c4c2oc2ccccc24)C3(c2ccccc2)c2ccccc2)c2cccc3oc4ccccc4c23)=C1. The lowest BCUT2D eigenvalue weighted by molar-refractivity contribution is 0.667. The zero-order valence-electron chi connectivity index (χ0n) is 42.7. The fourth-order valence-corrected chi connectivity index (χ4v) is 13.6. The number of rotatable bonds is 8. The lowest BCUT2D eigenvalue weighted by Crippen LogP contribution is -2.29. The van der Waals surface area contributed by atoms with Crippen molar-refractivity contribution in [2.45, 2.75) is 18.3 Å². The van der Waals surface area contributed by atoms with E-state index in [0.717, 1.165) is 168 Å². The van der Waals surface area contributed by atoms with Gasteiger partial charge in [-0.15, -0.1) is 0 Å². The van der Waals surface area contributed by atoms with Crippen LogP contribution in [0.3, 0.4) is 0 Å². The maximum Gasteiger partial charge on any atom is 0.160 e. The first-order valence-corrected chi connectivity index (χ1v) is 27.1. The summed E-state index contributed by atoms with van der Waals surface area (Å²) in [6.45, 7) is 0. The zero-order valence-corrected chi connectivity index (χ0v) is 42.7. The monoisotopic (exact) mass is 1010 g/mol. The molecule has 372 valence electrons. The summed E-state index contributed by atoms with van der Waals surface area (Å²) in [5, 5.41) is 8.28. The Morgan fingerprint density at radius 2 is 0.797 bits per heavy atom. The molecule has 0 amide bonds. The minimum atomic E-state index is -0.923. The molecule has 0 N–H and O–H groups in total. The molecular weight excluding hydrogens is 969 g/mol. The van der Waals surface area contributed by atoms with Gasteiger partial charge in [0.15, 0.2) is 5.58 Å². The Morgan fingerprint density at radius 1 is 0.342 bits per heavy atom. The van der Waals surface area contributed by atoms with Crippen LogP contribution in [0.4, 0.5) is 28.4 Å². The van der Waals surface area contributed by atoms with Gasteiger partial charge in [-0.05, 0) is 114 Å². The third kappa shape index (κ3) is 6.17. The molecule has 0 unspecified atom stereocenters. The average molecular weight is 1020 g/mol. The molecule has 79 heavy (non-hydrogen) atoms. The highest BCUT2D eigenvalue weighted by molar-refractivity contribution is 6.27. The van der Waals surface area contributed by atoms with Crippen molar-refractivity contribution in [2.24, 2.45) is 0 Å². The van der Waals surface area contributed by atoms with Crippen molar-refractivity contribution >= 4 is 116 Å². The summed E-state index contributed by atoms with van der Waals surface area (Å²) >= 11 is 0. The Kier molecular flexibility index (Phi) is 9.36. The van der Waals surface area contributed by atoms with Crippen LogP contribution >= 0.6 is 0 Å². The van der Waals surface area contributed by atoms with Crippen LogP contribution in [0, 0.1) is 0 Å². The molecule has 6 heteroatoms. The average Bonchev–Trinajstić information content (AvgIpc) is 2.44. The number of hydrogen-bond donors (Lipinski definition) is 0. The number of furan rings is 4. The van der Waals surface area contributed by atoms with Gasteiger partial charge < -0.3 is 27.5 Å². The second-order valence-electron chi connectivity index (χ2n) is 20.9. The summed E-state index contributed by atoms with van der Waals surface area (Å²) in [7, 11) is 0. The van der Waals surface area contributed by atoms with Crippen molar-refractivity contribution in [1.82, 2.24) is 0 Å². The highest BCUT2D eigenvalue weighted by atomic mass is 16.3. The van der Waals surface area contributed by atoms with Crippen molar-refractivity contribution in [3.8, 4) is 11.1 Å². The Bertz CT molecular complexity index is 5000. The van der Waals surface area contributed by atoms with Crippen molar-refractivity contribution in [1.29, 1.82) is 0 Å². The van der Waals surface area contributed by atoms with Crippen molar-refractivity contribution in [3.63, 3.8) is 0 Å². The van der Waals surface area contributed by atoms with Crippen molar-refractivity contribution in [2.75, 3.05) is 9.80 Å². The molecule has 6 nitrogen and oxygen atoms in total. The number of hydrogen-bond acceptors (Lipinski definition) is 6. The Hall–Kier alpha value is -10.3. The van der Waals surface area contributed by atoms with E-state index >= 15 is 0 Å². The minimum Gasteiger partial charge on any atom is -0.456 e. The molecule has 0 radical (unpaired) electrons. The molecule has 0 aliphatic heterocycles. The highest BCUT2D eigenvalue weighted by Crippen LogP contribution is 2.65. The maximum absolute atomic E-state index is 7.57. The first-order valence-electron chi connectivity index (χ1n) is 27.1. The van der Waals surface area contributed by atoms with E-state index in [2.05, 4.69) is 252 Å². The zero-order chi connectivity index (χ0) is 51.8. The van der Waals surface area contributed by atoms with E-state index in [0.29, 0.717) is 0 Å². The topological polar surface area (TPSA) is 59.0 Å². The third-order valence-electron chi connectivity index (χ3n) is 16.7. The van der Waals surface area contributed by atoms with Crippen LogP contribution < -0.4 is 9.80 Å². The molecule has 0 bridgehead atoms. The van der Waals surface area contributed by atoms with Crippen molar-refractivity contribution in [3.05, 3.63) is 283 Å². The molecule has 0 saturated carbocycles. The van der Waals surface area contributed by atoms with Crippen LogP contribution in [0.1, 0.15) is 35.1 Å². The Balaban J connectivity index is 1.08. The van der Waals surface area contributed by atoms with Gasteiger partial charge in [0.2, 0.25) is 0 Å². The first-order chi connectivity index (χ1) is 39.2. The van der Waals surface area contributed by atoms with E-state index in [1.54, 1.807) is 0 Å². The first kappa shape index (κ1) is 43.9. The molecule has 0 spiro atoms. The van der Waals surface area contributed by atoms with Crippen LogP contribution in [0.25, 0.3) is 98.9 Å². The Labute approximate surface area is 453 Å². The quantitative estimate of drug-likeness (QED) is 0.151. The lowest BCUT2D eigenvalue weighted by atomic mass is 9.67. The van der Waals surface area contributed by atoms with E-state index in [4.69, 9.17) is 17.7 Å². The second-order valence-corrected chi connectivity index (χ2v) is 20.9. The van der Waals surface area contributed by atoms with E-state index in [-0.39, 0.29) is 0 Å². The van der Waals surface area contributed by atoms with Gasteiger partial charge in [-0.2, -0.15) is 0 Å². The van der Waals surface area contributed by atoms with E-state index in [1.807, 2.05) is 12.1 Å². The van der Waals surface area contributed by atoms with Crippen LogP contribution in [-0.2, 0) is 5.41 Å². The van der Waals surface area contributed by atoms with Crippen LogP contribution in [0.5, 0.6) is 0 Å². The summed E-state index contributed by atoms with van der Waals surface area (Å²) in [6, 6.07) is 84.6. The number of nitrogens with zero attached hydrogens (tertiary/aromatic N) is 2. The summed E-state index contributed by atoms with van der Waals surface area (Å²) in [6.07, 6.45) is 8.44.